The van der Waals surface area contributed by atoms with Gasteiger partial charge < -0.3 is 15.2 Å². The fourth-order valence-electron chi connectivity index (χ4n) is 3.88. The highest BCUT2D eigenvalue weighted by atomic mass is 32.1. The van der Waals surface area contributed by atoms with Gasteiger partial charge in [0.25, 0.3) is 0 Å². The minimum absolute atomic E-state index is 0.0236. The molecule has 2 amide bonds. The van der Waals surface area contributed by atoms with Gasteiger partial charge >= 0.3 is 6.09 Å². The number of rotatable bonds is 3. The van der Waals surface area contributed by atoms with Gasteiger partial charge in [0, 0.05) is 11.3 Å². The molecule has 1 aromatic carbocycles. The third-order valence-electron chi connectivity index (χ3n) is 5.28. The van der Waals surface area contributed by atoms with Crippen molar-refractivity contribution < 1.29 is 19.4 Å². The van der Waals surface area contributed by atoms with Crippen LogP contribution in [0.3, 0.4) is 0 Å². The van der Waals surface area contributed by atoms with E-state index in [1.54, 1.807) is 30.3 Å². The predicted octanol–water partition coefficient (Wildman–Crippen LogP) is 3.07. The van der Waals surface area contributed by atoms with Gasteiger partial charge in [-0.2, -0.15) is 5.26 Å². The molecule has 2 aliphatic rings. The van der Waals surface area contributed by atoms with Crippen molar-refractivity contribution in [1.29, 1.82) is 5.26 Å². The van der Waals surface area contributed by atoms with Crippen molar-refractivity contribution in [3.8, 4) is 11.8 Å². The number of aryl methyl sites for hydroxylation is 1. The summed E-state index contributed by atoms with van der Waals surface area (Å²) in [5, 5.41) is 23.0. The number of hydrogen-bond donors (Lipinski definition) is 2. The summed E-state index contributed by atoms with van der Waals surface area (Å²) >= 11 is 1.44. The molecular weight excluding hydrogens is 390 g/mol. The lowest BCUT2D eigenvalue weighted by molar-refractivity contribution is -0.119. The van der Waals surface area contributed by atoms with Crippen LogP contribution in [0.15, 0.2) is 30.3 Å². The van der Waals surface area contributed by atoms with E-state index in [1.165, 1.54) is 16.2 Å². The van der Waals surface area contributed by atoms with Gasteiger partial charge in [-0.15, -0.1) is 11.3 Å². The highest BCUT2D eigenvalue weighted by molar-refractivity contribution is 7.16. The quantitative estimate of drug-likeness (QED) is 0.808. The molecule has 150 valence electrons. The Balaban J connectivity index is 1.51. The van der Waals surface area contributed by atoms with Crippen molar-refractivity contribution in [3.05, 3.63) is 46.3 Å². The Morgan fingerprint density at radius 1 is 1.24 bits per heavy atom. The van der Waals surface area contributed by atoms with E-state index >= 15 is 0 Å². The minimum Gasteiger partial charge on any atom is -0.410 e. The Kier molecular flexibility index (Phi) is 5.51. The van der Waals surface area contributed by atoms with Gasteiger partial charge in [-0.1, -0.05) is 18.2 Å². The third-order valence-corrected chi connectivity index (χ3v) is 6.49. The number of β-amino-alcohol motifs (C(OH)–C–C–N with tert-alkyl or cyclic N) is 1. The zero-order valence-corrected chi connectivity index (χ0v) is 16.6. The van der Waals surface area contributed by atoms with Crippen LogP contribution in [0.1, 0.15) is 35.3 Å². The number of anilines is 1. The number of aliphatic hydroxyl groups excluding tert-OH is 1. The predicted molar refractivity (Wildman–Crippen MR) is 108 cm³/mol. The number of likely N-dealkylation sites (tertiary alicyclic amines) is 1. The smallest absolute Gasteiger partial charge is 0.410 e. The van der Waals surface area contributed by atoms with Crippen molar-refractivity contribution in [2.75, 3.05) is 11.9 Å². The minimum atomic E-state index is -0.855. The number of nitrogens with zero attached hydrogens (tertiary/aromatic N) is 2. The second kappa shape index (κ2) is 8.23. The zero-order chi connectivity index (χ0) is 20.4. The second-order valence-corrected chi connectivity index (χ2v) is 8.36. The molecule has 1 aliphatic carbocycles. The first-order valence-electron chi connectivity index (χ1n) is 9.64. The number of para-hydroxylation sites is 1. The first-order chi connectivity index (χ1) is 14.1. The number of carbonyl (C=O) groups is 2. The van der Waals surface area contributed by atoms with Crippen molar-refractivity contribution in [3.63, 3.8) is 0 Å². The number of aliphatic hydroxyl groups is 1. The molecule has 1 fully saturated rings. The topological polar surface area (TPSA) is 103 Å². The van der Waals surface area contributed by atoms with Gasteiger partial charge in [-0.25, -0.2) is 4.79 Å². The third kappa shape index (κ3) is 3.97. The SMILES string of the molecule is N#Cc1c(NC(=O)[C@@H]2C[C@H](O)CN2C(=O)Oc2ccccc2)sc2c1CCCC2. The standard InChI is InChI=1S/C21H21N3O4S/c22-11-16-15-8-4-5-9-18(15)29-20(16)23-19(26)17-10-13(25)12-24(17)21(27)28-14-6-2-1-3-7-14/h1-3,6-7,13,17,25H,4-5,8-10,12H2,(H,23,26)/t13-,17-/m0/s1. The van der Waals surface area contributed by atoms with E-state index in [-0.39, 0.29) is 13.0 Å². The van der Waals surface area contributed by atoms with Crippen LogP contribution >= 0.6 is 11.3 Å². The van der Waals surface area contributed by atoms with Crippen LogP contribution < -0.4 is 10.1 Å². The number of benzene rings is 1. The summed E-state index contributed by atoms with van der Waals surface area (Å²) in [5.74, 6) is -0.0441. The Morgan fingerprint density at radius 2 is 2.00 bits per heavy atom. The molecule has 0 bridgehead atoms. The fourth-order valence-corrected chi connectivity index (χ4v) is 5.12. The van der Waals surface area contributed by atoms with E-state index in [1.807, 2.05) is 0 Å². The molecule has 0 saturated carbocycles. The lowest BCUT2D eigenvalue weighted by Gasteiger charge is -2.22. The normalized spacial score (nSPS) is 20.6. The molecule has 1 aliphatic heterocycles. The lowest BCUT2D eigenvalue weighted by Crippen LogP contribution is -2.44. The molecule has 0 unspecified atom stereocenters. The molecule has 1 saturated heterocycles. The summed E-state index contributed by atoms with van der Waals surface area (Å²) in [6.07, 6.45) is 2.53. The van der Waals surface area contributed by atoms with Crippen LogP contribution in [0.5, 0.6) is 5.75 Å². The summed E-state index contributed by atoms with van der Waals surface area (Å²) in [6, 6.07) is 9.95. The molecule has 29 heavy (non-hydrogen) atoms. The Morgan fingerprint density at radius 3 is 2.76 bits per heavy atom. The Bertz CT molecular complexity index is 966. The Labute approximate surface area is 172 Å². The highest BCUT2D eigenvalue weighted by Gasteiger charge is 2.40. The van der Waals surface area contributed by atoms with Crippen LogP contribution in [0.25, 0.3) is 0 Å². The molecule has 2 atom stereocenters. The number of nitriles is 1. The average molecular weight is 411 g/mol. The van der Waals surface area contributed by atoms with E-state index in [0.29, 0.717) is 16.3 Å². The van der Waals surface area contributed by atoms with Gasteiger partial charge in [-0.3, -0.25) is 9.69 Å². The van der Waals surface area contributed by atoms with E-state index in [2.05, 4.69) is 11.4 Å². The molecule has 0 spiro atoms. The van der Waals surface area contributed by atoms with E-state index in [0.717, 1.165) is 36.1 Å². The molecule has 1 aromatic heterocycles. The number of carbonyl (C=O) groups excluding carboxylic acids is 2. The molecule has 2 heterocycles. The number of nitrogens with one attached hydrogen (secondary N) is 1. The van der Waals surface area contributed by atoms with Crippen molar-refractivity contribution in [2.45, 2.75) is 44.2 Å². The summed E-state index contributed by atoms with van der Waals surface area (Å²) in [6.45, 7) is 0.0236. The maximum atomic E-state index is 12.9. The van der Waals surface area contributed by atoms with Crippen molar-refractivity contribution in [1.82, 2.24) is 4.90 Å². The van der Waals surface area contributed by atoms with E-state index in [4.69, 9.17) is 4.74 Å². The van der Waals surface area contributed by atoms with Crippen LogP contribution in [-0.2, 0) is 17.6 Å². The van der Waals surface area contributed by atoms with Crippen LogP contribution in [0.2, 0.25) is 0 Å². The summed E-state index contributed by atoms with van der Waals surface area (Å²) in [7, 11) is 0. The number of hydrogen-bond acceptors (Lipinski definition) is 6. The number of amides is 2. The largest absolute Gasteiger partial charge is 0.416 e. The van der Waals surface area contributed by atoms with E-state index in [9.17, 15) is 20.0 Å². The number of ether oxygens (including phenoxy) is 1. The molecule has 4 rings (SSSR count). The molecule has 0 radical (unpaired) electrons. The maximum Gasteiger partial charge on any atom is 0.416 e. The van der Waals surface area contributed by atoms with Gasteiger partial charge in [0.2, 0.25) is 5.91 Å². The molecule has 7 nitrogen and oxygen atoms in total. The fraction of sp³-hybridized carbons (Fsp3) is 0.381. The average Bonchev–Trinajstić information content (AvgIpc) is 3.28. The summed E-state index contributed by atoms with van der Waals surface area (Å²) in [5.41, 5.74) is 1.56. The van der Waals surface area contributed by atoms with Crippen LogP contribution in [0.4, 0.5) is 9.80 Å². The monoisotopic (exact) mass is 411 g/mol. The van der Waals surface area contributed by atoms with Gasteiger partial charge in [0.05, 0.1) is 18.2 Å². The van der Waals surface area contributed by atoms with Gasteiger partial charge in [0.1, 0.15) is 22.9 Å². The highest BCUT2D eigenvalue weighted by Crippen LogP contribution is 2.38. The maximum absolute atomic E-state index is 12.9. The first kappa shape index (κ1) is 19.4. The van der Waals surface area contributed by atoms with Crippen LogP contribution in [0, 0.1) is 11.3 Å². The van der Waals surface area contributed by atoms with Crippen molar-refractivity contribution >= 4 is 28.3 Å². The zero-order valence-electron chi connectivity index (χ0n) is 15.8. The summed E-state index contributed by atoms with van der Waals surface area (Å²) in [4.78, 5) is 27.9. The Hall–Kier alpha value is -2.89. The number of fused-ring (bicyclic) bond motifs is 1. The van der Waals surface area contributed by atoms with Gasteiger partial charge in [0.15, 0.2) is 0 Å². The van der Waals surface area contributed by atoms with E-state index < -0.39 is 24.1 Å². The van der Waals surface area contributed by atoms with Crippen molar-refractivity contribution in [2.24, 2.45) is 0 Å². The van der Waals surface area contributed by atoms with Crippen LogP contribution in [-0.4, -0.2) is 40.7 Å². The molecule has 2 aromatic rings. The number of thiophene rings is 1. The van der Waals surface area contributed by atoms with Gasteiger partial charge in [-0.05, 0) is 43.4 Å². The lowest BCUT2D eigenvalue weighted by atomic mass is 9.96. The molecule has 8 heteroatoms. The summed E-state index contributed by atoms with van der Waals surface area (Å²) < 4.78 is 5.33. The second-order valence-electron chi connectivity index (χ2n) is 7.25. The molecule has 2 N–H and O–H groups in total. The molecular formula is C21H21N3O4S. The first-order valence-corrected chi connectivity index (χ1v) is 10.5.